The molecule has 0 radical (unpaired) electrons. The van der Waals surface area contributed by atoms with Crippen LogP contribution in [-0.4, -0.2) is 27.2 Å². The van der Waals surface area contributed by atoms with Crippen LogP contribution >= 0.6 is 0 Å². The number of nitrogens with one attached hydrogen (secondary N) is 1. The molecule has 1 aliphatic heterocycles. The van der Waals surface area contributed by atoms with Crippen LogP contribution in [0.15, 0.2) is 54.5 Å². The summed E-state index contributed by atoms with van der Waals surface area (Å²) < 4.78 is 7.35. The van der Waals surface area contributed by atoms with Gasteiger partial charge >= 0.3 is 0 Å². The number of carbonyl (C=O) groups is 1. The van der Waals surface area contributed by atoms with E-state index in [1.54, 1.807) is 10.8 Å². The minimum absolute atomic E-state index is 0.0575. The van der Waals surface area contributed by atoms with Crippen molar-refractivity contribution in [3.8, 4) is 5.75 Å². The second-order valence-electron chi connectivity index (χ2n) is 7.56. The van der Waals surface area contributed by atoms with Crippen LogP contribution in [0.4, 0.5) is 5.95 Å². The van der Waals surface area contributed by atoms with E-state index in [9.17, 15) is 4.79 Å². The third-order valence-corrected chi connectivity index (χ3v) is 4.84. The fourth-order valence-electron chi connectivity index (χ4n) is 3.76. The van der Waals surface area contributed by atoms with Gasteiger partial charge < -0.3 is 10.1 Å². The molecule has 1 aliphatic carbocycles. The van der Waals surface area contributed by atoms with E-state index >= 15 is 0 Å². The molecule has 2 aromatic rings. The van der Waals surface area contributed by atoms with Crippen LogP contribution in [0.3, 0.4) is 0 Å². The molecule has 4 rings (SSSR count). The van der Waals surface area contributed by atoms with Crippen LogP contribution in [0, 0.1) is 5.41 Å². The predicted molar refractivity (Wildman–Crippen MR) is 99.0 cm³/mol. The summed E-state index contributed by atoms with van der Waals surface area (Å²) in [6.45, 7) is 8.36. The van der Waals surface area contributed by atoms with E-state index in [0.717, 1.165) is 29.0 Å². The Morgan fingerprint density at radius 2 is 2.12 bits per heavy atom. The number of carbonyl (C=O) groups excluding carboxylic acids is 1. The molecule has 1 aromatic heterocycles. The van der Waals surface area contributed by atoms with Gasteiger partial charge in [0.2, 0.25) is 5.95 Å². The smallest absolute Gasteiger partial charge is 0.226 e. The van der Waals surface area contributed by atoms with E-state index in [0.29, 0.717) is 19.0 Å². The highest BCUT2D eigenvalue weighted by Crippen LogP contribution is 2.45. The average Bonchev–Trinajstić information content (AvgIpc) is 3.05. The molecule has 134 valence electrons. The van der Waals surface area contributed by atoms with E-state index in [1.165, 1.54) is 6.33 Å². The zero-order chi connectivity index (χ0) is 18.3. The van der Waals surface area contributed by atoms with Gasteiger partial charge in [-0.15, -0.1) is 0 Å². The molecule has 0 fully saturated rings. The number of anilines is 1. The largest absolute Gasteiger partial charge is 0.490 e. The maximum Gasteiger partial charge on any atom is 0.226 e. The number of nitrogens with zero attached hydrogens (tertiary/aromatic N) is 3. The number of ketones is 1. The maximum absolute atomic E-state index is 13.0. The molecule has 1 atom stereocenters. The Bertz CT molecular complexity index is 893. The normalized spacial score (nSPS) is 20.8. The number of benzene rings is 1. The molecule has 0 saturated carbocycles. The number of allylic oxidation sites excluding steroid dienone is 2. The number of aromatic nitrogens is 3. The molecule has 0 bridgehead atoms. The SMILES string of the molecule is C=CCOc1ccc([C@H]2C3=C(CC(C)(C)CC3=O)Nc3ncnn32)cc1. The first-order valence-electron chi connectivity index (χ1n) is 8.75. The Morgan fingerprint density at radius 3 is 2.85 bits per heavy atom. The Morgan fingerprint density at radius 1 is 1.35 bits per heavy atom. The molecule has 0 spiro atoms. The number of ether oxygens (including phenoxy) is 1. The van der Waals surface area contributed by atoms with Crippen molar-refractivity contribution in [1.82, 2.24) is 14.8 Å². The quantitative estimate of drug-likeness (QED) is 0.855. The Labute approximate surface area is 152 Å². The lowest BCUT2D eigenvalue weighted by Gasteiger charge is -2.38. The van der Waals surface area contributed by atoms with E-state index in [1.807, 2.05) is 24.3 Å². The molecule has 0 amide bonds. The molecule has 0 unspecified atom stereocenters. The van der Waals surface area contributed by atoms with Crippen LogP contribution < -0.4 is 10.1 Å². The van der Waals surface area contributed by atoms with Crippen LogP contribution in [0.5, 0.6) is 5.75 Å². The minimum atomic E-state index is -0.263. The second kappa shape index (κ2) is 6.12. The highest BCUT2D eigenvalue weighted by Gasteiger charge is 2.41. The Balaban J connectivity index is 1.77. The summed E-state index contributed by atoms with van der Waals surface area (Å²) in [4.78, 5) is 17.3. The lowest BCUT2D eigenvalue weighted by Crippen LogP contribution is -2.36. The zero-order valence-electron chi connectivity index (χ0n) is 15.0. The Hall–Kier alpha value is -2.89. The summed E-state index contributed by atoms with van der Waals surface area (Å²) in [5.74, 6) is 1.61. The lowest BCUT2D eigenvalue weighted by molar-refractivity contribution is -0.118. The van der Waals surface area contributed by atoms with Crippen molar-refractivity contribution in [3.05, 3.63) is 60.1 Å². The third-order valence-electron chi connectivity index (χ3n) is 4.84. The van der Waals surface area contributed by atoms with Crippen LogP contribution in [0.1, 0.15) is 38.3 Å². The summed E-state index contributed by atoms with van der Waals surface area (Å²) in [6, 6.07) is 7.53. The molecule has 26 heavy (non-hydrogen) atoms. The molecular weight excluding hydrogens is 328 g/mol. The zero-order valence-corrected chi connectivity index (χ0v) is 15.0. The fourth-order valence-corrected chi connectivity index (χ4v) is 3.76. The van der Waals surface area contributed by atoms with E-state index in [4.69, 9.17) is 4.74 Å². The molecule has 2 heterocycles. The first-order valence-corrected chi connectivity index (χ1v) is 8.75. The highest BCUT2D eigenvalue weighted by atomic mass is 16.5. The van der Waals surface area contributed by atoms with E-state index in [2.05, 4.69) is 35.8 Å². The van der Waals surface area contributed by atoms with Gasteiger partial charge in [-0.25, -0.2) is 4.68 Å². The monoisotopic (exact) mass is 350 g/mol. The molecule has 6 nitrogen and oxygen atoms in total. The van der Waals surface area contributed by atoms with Gasteiger partial charge in [-0.2, -0.15) is 10.1 Å². The van der Waals surface area contributed by atoms with Gasteiger partial charge in [-0.3, -0.25) is 4.79 Å². The van der Waals surface area contributed by atoms with Gasteiger partial charge in [0, 0.05) is 17.7 Å². The fraction of sp³-hybridized carbons (Fsp3) is 0.350. The summed E-state index contributed by atoms with van der Waals surface area (Å²) in [7, 11) is 0. The molecule has 2 aliphatic rings. The number of hydrogen-bond donors (Lipinski definition) is 1. The Kier molecular flexibility index (Phi) is 3.90. The average molecular weight is 350 g/mol. The topological polar surface area (TPSA) is 69.0 Å². The summed E-state index contributed by atoms with van der Waals surface area (Å²) in [5, 5.41) is 7.68. The van der Waals surface area contributed by atoms with Crippen molar-refractivity contribution in [1.29, 1.82) is 0 Å². The van der Waals surface area contributed by atoms with Gasteiger partial charge in [-0.05, 0) is 29.5 Å². The van der Waals surface area contributed by atoms with Gasteiger partial charge in [-0.1, -0.05) is 38.6 Å². The number of Topliss-reactive ketones (excluding diaryl/α,β-unsaturated/α-hetero) is 1. The van der Waals surface area contributed by atoms with Crippen molar-refractivity contribution in [2.24, 2.45) is 5.41 Å². The number of fused-ring (bicyclic) bond motifs is 1. The lowest BCUT2D eigenvalue weighted by atomic mass is 9.73. The summed E-state index contributed by atoms with van der Waals surface area (Å²) in [6.07, 6.45) is 4.58. The minimum Gasteiger partial charge on any atom is -0.490 e. The van der Waals surface area contributed by atoms with Gasteiger partial charge in [0.05, 0.1) is 0 Å². The van der Waals surface area contributed by atoms with Gasteiger partial charge in [0.25, 0.3) is 0 Å². The number of rotatable bonds is 4. The predicted octanol–water partition coefficient (Wildman–Crippen LogP) is 3.50. The molecule has 1 aromatic carbocycles. The van der Waals surface area contributed by atoms with E-state index in [-0.39, 0.29) is 17.2 Å². The van der Waals surface area contributed by atoms with Gasteiger partial charge in [0.1, 0.15) is 24.7 Å². The van der Waals surface area contributed by atoms with Crippen molar-refractivity contribution in [2.45, 2.75) is 32.7 Å². The van der Waals surface area contributed by atoms with Gasteiger partial charge in [0.15, 0.2) is 5.78 Å². The molecule has 6 heteroatoms. The van der Waals surface area contributed by atoms with Crippen LogP contribution in [-0.2, 0) is 4.79 Å². The van der Waals surface area contributed by atoms with Crippen LogP contribution in [0.25, 0.3) is 0 Å². The van der Waals surface area contributed by atoms with Crippen molar-refractivity contribution >= 4 is 11.7 Å². The summed E-state index contributed by atoms with van der Waals surface area (Å²) >= 11 is 0. The molecular formula is C20H22N4O2. The third kappa shape index (κ3) is 2.81. The maximum atomic E-state index is 13.0. The molecule has 1 N–H and O–H groups in total. The first-order chi connectivity index (χ1) is 12.5. The van der Waals surface area contributed by atoms with E-state index < -0.39 is 0 Å². The molecule has 0 saturated heterocycles. The van der Waals surface area contributed by atoms with Crippen molar-refractivity contribution in [2.75, 3.05) is 11.9 Å². The van der Waals surface area contributed by atoms with Crippen molar-refractivity contribution in [3.63, 3.8) is 0 Å². The standard InChI is InChI=1S/C20H22N4O2/c1-4-9-26-14-7-5-13(6-8-14)18-17-15(10-20(2,3)11-16(17)25)23-19-21-12-22-24(18)19/h4-8,12,18H,1,9-11H2,2-3H3,(H,21,22,23)/t18-/m0/s1. The first kappa shape index (κ1) is 16.6. The van der Waals surface area contributed by atoms with Crippen LogP contribution in [0.2, 0.25) is 0 Å². The van der Waals surface area contributed by atoms with Crippen molar-refractivity contribution < 1.29 is 9.53 Å². The number of hydrogen-bond acceptors (Lipinski definition) is 5. The highest BCUT2D eigenvalue weighted by molar-refractivity contribution is 6.00. The summed E-state index contributed by atoms with van der Waals surface area (Å²) in [5.41, 5.74) is 2.69. The second-order valence-corrected chi connectivity index (χ2v) is 7.56.